The number of allylic oxidation sites excluding steroid dienone is 6. The van der Waals surface area contributed by atoms with Gasteiger partial charge in [0.15, 0.2) is 0 Å². The number of terminal acetylenes is 2. The van der Waals surface area contributed by atoms with Gasteiger partial charge in [0.2, 0.25) is 0 Å². The van der Waals surface area contributed by atoms with Crippen LogP contribution in [0.5, 0.6) is 0 Å². The van der Waals surface area contributed by atoms with Gasteiger partial charge in [-0.2, -0.15) is 6.42 Å². The van der Waals surface area contributed by atoms with Crippen LogP contribution in [0.2, 0.25) is 0 Å². The van der Waals surface area contributed by atoms with Crippen molar-refractivity contribution in [3.05, 3.63) is 43.4 Å². The lowest BCUT2D eigenvalue weighted by atomic mass is 10.2. The van der Waals surface area contributed by atoms with Crippen molar-refractivity contribution in [3.63, 3.8) is 0 Å². The van der Waals surface area contributed by atoms with Crippen LogP contribution in [0, 0.1) is 32.1 Å². The fourth-order valence-corrected chi connectivity index (χ4v) is 1.20. The highest BCUT2D eigenvalue weighted by Crippen LogP contribution is 1.97. The Balaban J connectivity index is -0.0000000876. The van der Waals surface area contributed by atoms with Crippen LogP contribution in [0.1, 0.15) is 73.1 Å². The number of hydrogen-bond acceptors (Lipinski definition) is 3. The monoisotopic (exact) mass is 387 g/mol. The van der Waals surface area contributed by atoms with E-state index in [-0.39, 0.29) is 5.78 Å². The third-order valence-electron chi connectivity index (χ3n) is 2.40. The van der Waals surface area contributed by atoms with Gasteiger partial charge in [0.1, 0.15) is 17.9 Å². The maximum atomic E-state index is 10.4. The van der Waals surface area contributed by atoms with Crippen molar-refractivity contribution >= 4 is 17.9 Å². The summed E-state index contributed by atoms with van der Waals surface area (Å²) in [5.41, 5.74) is 0. The van der Waals surface area contributed by atoms with Crippen molar-refractivity contribution in [2.75, 3.05) is 0 Å². The summed E-state index contributed by atoms with van der Waals surface area (Å²) >= 11 is 0. The third kappa shape index (κ3) is 90.5. The number of unbranched alkanes of at least 4 members (excludes halogenated alkanes) is 2. The molecule has 0 N–H and O–H groups in total. The molecule has 3 nitrogen and oxygen atoms in total. The Morgan fingerprint density at radius 1 is 0.929 bits per heavy atom. The molecule has 0 aromatic heterocycles. The van der Waals surface area contributed by atoms with Crippen LogP contribution in [-0.2, 0) is 14.4 Å². The van der Waals surface area contributed by atoms with Gasteiger partial charge in [-0.1, -0.05) is 36.8 Å². The minimum absolute atomic E-state index is 0.255. The van der Waals surface area contributed by atoms with Crippen LogP contribution in [0.15, 0.2) is 36.5 Å². The van der Waals surface area contributed by atoms with Gasteiger partial charge in [-0.25, -0.2) is 0 Å². The molecule has 0 aromatic carbocycles. The molecule has 0 rings (SSSR count). The molecule has 0 heterocycles. The average Bonchev–Trinajstić information content (AvgIpc) is 2.65. The Hall–Kier alpha value is -2.65. The molecule has 0 radical (unpaired) electrons. The van der Waals surface area contributed by atoms with Crippen LogP contribution < -0.4 is 0 Å². The standard InChI is InChI=1S/C9H14O.C7H13O.C4H6O.C3H4.C2H2/c1-3-4-5-6-7-8-9(2)10;1-3-4-5-6-7(2)8;1-2-3-4-5;1-3-2;1-2/h3-6H,7-8H2,1-2H3;1,3-6H2,2H3;2-4H,1H3;1H,2H3;1-2H/q;-1;;;/b4-3+,6-5-;;3-2+;;. The van der Waals surface area contributed by atoms with E-state index in [1.165, 1.54) is 6.08 Å². The van der Waals surface area contributed by atoms with Crippen LogP contribution in [0.3, 0.4) is 0 Å². The van der Waals surface area contributed by atoms with Crippen LogP contribution in [-0.4, -0.2) is 17.9 Å². The van der Waals surface area contributed by atoms with E-state index in [9.17, 15) is 14.4 Å². The summed E-state index contributed by atoms with van der Waals surface area (Å²) in [7, 11) is 0. The molecule has 3 heteroatoms. The van der Waals surface area contributed by atoms with Gasteiger partial charge < -0.3 is 16.5 Å². The molecule has 0 aliphatic rings. The topological polar surface area (TPSA) is 51.2 Å². The third-order valence-corrected chi connectivity index (χ3v) is 2.40. The molecule has 158 valence electrons. The molecule has 0 atom stereocenters. The molecular formula is C25H39O3-. The van der Waals surface area contributed by atoms with Crippen LogP contribution >= 0.6 is 0 Å². The van der Waals surface area contributed by atoms with E-state index in [2.05, 4.69) is 32.1 Å². The van der Waals surface area contributed by atoms with E-state index in [4.69, 9.17) is 0 Å². The Kier molecular flexibility index (Phi) is 57.2. The van der Waals surface area contributed by atoms with Crippen molar-refractivity contribution in [2.45, 2.75) is 73.1 Å². The zero-order chi connectivity index (χ0) is 23.1. The molecule has 0 saturated carbocycles. The second kappa shape index (κ2) is 44.1. The number of rotatable bonds is 9. The molecule has 0 aliphatic carbocycles. The highest BCUT2D eigenvalue weighted by atomic mass is 16.1. The molecule has 0 aromatic rings. The van der Waals surface area contributed by atoms with Gasteiger partial charge in [-0.3, -0.25) is 4.79 Å². The summed E-state index contributed by atoms with van der Waals surface area (Å²) < 4.78 is 0. The maximum absolute atomic E-state index is 10.4. The van der Waals surface area contributed by atoms with Crippen molar-refractivity contribution in [1.29, 1.82) is 0 Å². The molecule has 28 heavy (non-hydrogen) atoms. The largest absolute Gasteiger partial charge is 0.343 e. The lowest BCUT2D eigenvalue weighted by molar-refractivity contribution is -0.117. The van der Waals surface area contributed by atoms with Gasteiger partial charge in [0.25, 0.3) is 0 Å². The van der Waals surface area contributed by atoms with Crippen molar-refractivity contribution < 1.29 is 14.4 Å². The fraction of sp³-hybridized carbons (Fsp3) is 0.440. The first-order valence-corrected chi connectivity index (χ1v) is 9.20. The van der Waals surface area contributed by atoms with Crippen molar-refractivity contribution in [2.24, 2.45) is 0 Å². The van der Waals surface area contributed by atoms with E-state index in [0.29, 0.717) is 12.2 Å². The molecular weight excluding hydrogens is 348 g/mol. The van der Waals surface area contributed by atoms with Crippen molar-refractivity contribution in [3.8, 4) is 25.2 Å². The first kappa shape index (κ1) is 36.3. The Labute approximate surface area is 174 Å². The van der Waals surface area contributed by atoms with Gasteiger partial charge in [0.05, 0.1) is 0 Å². The zero-order valence-electron chi connectivity index (χ0n) is 18.4. The number of carbonyl (C=O) groups excluding carboxylic acids is 3. The van der Waals surface area contributed by atoms with E-state index < -0.39 is 0 Å². The number of Topliss-reactive ketones (excluding diaryl/α,β-unsaturated/α-hetero) is 2. The maximum Gasteiger partial charge on any atom is 0.142 e. The molecule has 0 aliphatic heterocycles. The minimum Gasteiger partial charge on any atom is -0.343 e. The van der Waals surface area contributed by atoms with Gasteiger partial charge in [0, 0.05) is 12.8 Å². The smallest absolute Gasteiger partial charge is 0.142 e. The summed E-state index contributed by atoms with van der Waals surface area (Å²) in [6.45, 7) is 12.3. The SMILES string of the molecule is C#C.C#CC.C/C=C/C=C\CCC(C)=O.C/C=C/C=O.[CH2-]CCCCC(C)=O. The first-order chi connectivity index (χ1) is 13.4. The predicted octanol–water partition coefficient (Wildman–Crippen LogP) is 6.11. The molecule has 0 bridgehead atoms. The molecule has 0 spiro atoms. The summed E-state index contributed by atoms with van der Waals surface area (Å²) in [6, 6.07) is 0. The number of ketones is 2. The second-order valence-corrected chi connectivity index (χ2v) is 5.16. The quantitative estimate of drug-likeness (QED) is 0.120. The Morgan fingerprint density at radius 2 is 1.39 bits per heavy atom. The molecule has 0 amide bonds. The van der Waals surface area contributed by atoms with E-state index in [1.807, 2.05) is 31.2 Å². The van der Waals surface area contributed by atoms with E-state index in [0.717, 1.165) is 38.4 Å². The number of aldehydes is 1. The highest BCUT2D eigenvalue weighted by Gasteiger charge is 1.88. The number of carbonyl (C=O) groups is 3. The summed E-state index contributed by atoms with van der Waals surface area (Å²) in [5, 5.41) is 0. The van der Waals surface area contributed by atoms with E-state index in [1.54, 1.807) is 33.8 Å². The summed E-state index contributed by atoms with van der Waals surface area (Å²) in [5.74, 6) is 2.79. The fourth-order valence-electron chi connectivity index (χ4n) is 1.20. The summed E-state index contributed by atoms with van der Waals surface area (Å²) in [6.07, 6.45) is 29.7. The van der Waals surface area contributed by atoms with E-state index >= 15 is 0 Å². The lowest BCUT2D eigenvalue weighted by Gasteiger charge is -1.94. The van der Waals surface area contributed by atoms with Gasteiger partial charge in [-0.05, 0) is 53.5 Å². The van der Waals surface area contributed by atoms with Gasteiger partial charge in [-0.15, -0.1) is 25.2 Å². The Morgan fingerprint density at radius 3 is 1.68 bits per heavy atom. The normalized spacial score (nSPS) is 8.68. The summed E-state index contributed by atoms with van der Waals surface area (Å²) in [4.78, 5) is 30.0. The number of hydrogen-bond donors (Lipinski definition) is 0. The van der Waals surface area contributed by atoms with Crippen LogP contribution in [0.4, 0.5) is 0 Å². The Bertz CT molecular complexity index is 472. The predicted molar refractivity (Wildman–Crippen MR) is 124 cm³/mol. The molecule has 0 unspecified atom stereocenters. The average molecular weight is 388 g/mol. The highest BCUT2D eigenvalue weighted by molar-refractivity contribution is 5.75. The lowest BCUT2D eigenvalue weighted by Crippen LogP contribution is -1.87. The minimum atomic E-state index is 0.255. The second-order valence-electron chi connectivity index (χ2n) is 5.16. The molecule has 0 saturated heterocycles. The van der Waals surface area contributed by atoms with Crippen LogP contribution in [0.25, 0.3) is 0 Å². The van der Waals surface area contributed by atoms with Gasteiger partial charge >= 0.3 is 0 Å². The first-order valence-electron chi connectivity index (χ1n) is 9.20. The van der Waals surface area contributed by atoms with Crippen molar-refractivity contribution in [1.82, 2.24) is 0 Å². The zero-order valence-corrected chi connectivity index (χ0v) is 18.4. The molecule has 0 fully saturated rings.